The zero-order valence-corrected chi connectivity index (χ0v) is 10.6. The summed E-state index contributed by atoms with van der Waals surface area (Å²) in [5.41, 5.74) is 0. The summed E-state index contributed by atoms with van der Waals surface area (Å²) in [6.45, 7) is 5.21. The molecule has 1 aliphatic carbocycles. The quantitative estimate of drug-likeness (QED) is 0.621. The molecule has 1 unspecified atom stereocenters. The van der Waals surface area contributed by atoms with Crippen LogP contribution < -0.4 is 0 Å². The van der Waals surface area contributed by atoms with Crippen LogP contribution in [0.3, 0.4) is 0 Å². The molecule has 0 aliphatic heterocycles. The van der Waals surface area contributed by atoms with E-state index in [0.717, 1.165) is 6.54 Å². The van der Waals surface area contributed by atoms with Crippen LogP contribution in [0.2, 0.25) is 0 Å². The Bertz CT molecular complexity index is 241. The first-order valence-corrected chi connectivity index (χ1v) is 6.21. The molecular formula is C12H23NO4. The highest BCUT2D eigenvalue weighted by Gasteiger charge is 2.26. The number of ether oxygens (including phenoxy) is 1. The number of carbonyl (C=O) groups is 1. The van der Waals surface area contributed by atoms with E-state index in [9.17, 15) is 9.90 Å². The summed E-state index contributed by atoms with van der Waals surface area (Å²) >= 11 is 0. The molecule has 1 atom stereocenters. The van der Waals surface area contributed by atoms with Crippen molar-refractivity contribution in [1.29, 1.82) is 0 Å². The lowest BCUT2D eigenvalue weighted by Gasteiger charge is -2.23. The van der Waals surface area contributed by atoms with E-state index in [0.29, 0.717) is 12.5 Å². The summed E-state index contributed by atoms with van der Waals surface area (Å²) in [7, 11) is 0. The van der Waals surface area contributed by atoms with E-state index in [1.54, 1.807) is 4.90 Å². The number of aliphatic hydroxyl groups excluding tert-OH is 1. The first-order chi connectivity index (χ1) is 7.97. The second-order valence-electron chi connectivity index (χ2n) is 5.07. The molecule has 0 aromatic carbocycles. The lowest BCUT2D eigenvalue weighted by Crippen LogP contribution is -2.39. The van der Waals surface area contributed by atoms with Crippen LogP contribution in [-0.2, 0) is 9.53 Å². The third kappa shape index (κ3) is 7.31. The molecule has 17 heavy (non-hydrogen) atoms. The van der Waals surface area contributed by atoms with Gasteiger partial charge in [0.2, 0.25) is 0 Å². The predicted molar refractivity (Wildman–Crippen MR) is 63.9 cm³/mol. The molecule has 2 N–H and O–H groups in total. The number of hydrogen-bond acceptors (Lipinski definition) is 4. The minimum Gasteiger partial charge on any atom is -0.480 e. The lowest BCUT2D eigenvalue weighted by atomic mass is 10.3. The van der Waals surface area contributed by atoms with Crippen LogP contribution in [0.5, 0.6) is 0 Å². The molecule has 1 fully saturated rings. The Hall–Kier alpha value is -0.650. The van der Waals surface area contributed by atoms with Gasteiger partial charge < -0.3 is 14.9 Å². The maximum atomic E-state index is 10.7. The van der Waals surface area contributed by atoms with Crippen molar-refractivity contribution in [3.63, 3.8) is 0 Å². The van der Waals surface area contributed by atoms with E-state index in [1.807, 2.05) is 13.8 Å². The SMILES string of the molecule is CC(C)OCC(O)CN(CC(=O)O)CC1CC1. The van der Waals surface area contributed by atoms with Gasteiger partial charge in [-0.1, -0.05) is 0 Å². The fourth-order valence-electron chi connectivity index (χ4n) is 1.71. The predicted octanol–water partition coefficient (Wildman–Crippen LogP) is 0.569. The van der Waals surface area contributed by atoms with Crippen LogP contribution in [0, 0.1) is 5.92 Å². The fourth-order valence-corrected chi connectivity index (χ4v) is 1.71. The van der Waals surface area contributed by atoms with Gasteiger partial charge in [-0.15, -0.1) is 0 Å². The molecule has 0 bridgehead atoms. The van der Waals surface area contributed by atoms with Crippen LogP contribution in [0.4, 0.5) is 0 Å². The maximum absolute atomic E-state index is 10.7. The summed E-state index contributed by atoms with van der Waals surface area (Å²) in [5, 5.41) is 18.5. The Kier molecular flexibility index (Phi) is 5.88. The molecule has 1 saturated carbocycles. The van der Waals surface area contributed by atoms with Crippen LogP contribution in [0.1, 0.15) is 26.7 Å². The standard InChI is InChI=1S/C12H23NO4/c1-9(2)17-8-11(14)6-13(7-12(15)16)5-10-3-4-10/h9-11,14H,3-8H2,1-2H3,(H,15,16). The molecule has 100 valence electrons. The van der Waals surface area contributed by atoms with Gasteiger partial charge >= 0.3 is 5.97 Å². The molecule has 1 rings (SSSR count). The minimum absolute atomic E-state index is 0.00472. The van der Waals surface area contributed by atoms with Crippen molar-refractivity contribution in [2.24, 2.45) is 5.92 Å². The van der Waals surface area contributed by atoms with E-state index in [1.165, 1.54) is 12.8 Å². The molecular weight excluding hydrogens is 222 g/mol. The van der Waals surface area contributed by atoms with E-state index in [2.05, 4.69) is 0 Å². The summed E-state index contributed by atoms with van der Waals surface area (Å²) in [6.07, 6.45) is 1.82. The van der Waals surface area contributed by atoms with Crippen molar-refractivity contribution in [2.45, 2.75) is 38.9 Å². The van der Waals surface area contributed by atoms with Crippen LogP contribution in [-0.4, -0.2) is 59.5 Å². The topological polar surface area (TPSA) is 70.0 Å². The third-order valence-corrected chi connectivity index (χ3v) is 2.66. The monoisotopic (exact) mass is 245 g/mol. The molecule has 5 nitrogen and oxygen atoms in total. The average Bonchev–Trinajstić information content (AvgIpc) is 2.97. The van der Waals surface area contributed by atoms with Crippen molar-refractivity contribution in [2.75, 3.05) is 26.2 Å². The molecule has 0 radical (unpaired) electrons. The number of aliphatic hydroxyl groups is 1. The normalized spacial score (nSPS) is 17.7. The Balaban J connectivity index is 2.27. The Morgan fingerprint density at radius 2 is 2.12 bits per heavy atom. The van der Waals surface area contributed by atoms with Crippen molar-refractivity contribution in [3.8, 4) is 0 Å². The third-order valence-electron chi connectivity index (χ3n) is 2.66. The van der Waals surface area contributed by atoms with Crippen LogP contribution >= 0.6 is 0 Å². The highest BCUT2D eigenvalue weighted by atomic mass is 16.5. The van der Waals surface area contributed by atoms with Gasteiger partial charge in [-0.3, -0.25) is 9.69 Å². The number of aliphatic carboxylic acids is 1. The highest BCUT2D eigenvalue weighted by Crippen LogP contribution is 2.29. The van der Waals surface area contributed by atoms with Gasteiger partial charge in [0.25, 0.3) is 0 Å². The van der Waals surface area contributed by atoms with E-state index in [-0.39, 0.29) is 19.3 Å². The summed E-state index contributed by atoms with van der Waals surface area (Å²) in [6, 6.07) is 0. The molecule has 1 aliphatic rings. The first-order valence-electron chi connectivity index (χ1n) is 6.21. The Labute approximate surface area is 102 Å². The van der Waals surface area contributed by atoms with Gasteiger partial charge in [0.15, 0.2) is 0 Å². The second-order valence-corrected chi connectivity index (χ2v) is 5.07. The number of rotatable bonds is 9. The van der Waals surface area contributed by atoms with Crippen molar-refractivity contribution >= 4 is 5.97 Å². The van der Waals surface area contributed by atoms with Crippen LogP contribution in [0.15, 0.2) is 0 Å². The van der Waals surface area contributed by atoms with Gasteiger partial charge in [-0.2, -0.15) is 0 Å². The van der Waals surface area contributed by atoms with Crippen LogP contribution in [0.25, 0.3) is 0 Å². The van der Waals surface area contributed by atoms with E-state index < -0.39 is 12.1 Å². The second kappa shape index (κ2) is 6.93. The largest absolute Gasteiger partial charge is 0.480 e. The number of hydrogen-bond donors (Lipinski definition) is 2. The molecule has 0 heterocycles. The van der Waals surface area contributed by atoms with Gasteiger partial charge in [0.05, 0.1) is 25.4 Å². The van der Waals surface area contributed by atoms with E-state index >= 15 is 0 Å². The summed E-state index contributed by atoms with van der Waals surface area (Å²) in [4.78, 5) is 12.5. The Morgan fingerprint density at radius 1 is 1.47 bits per heavy atom. The molecule has 0 aromatic heterocycles. The number of nitrogens with zero attached hydrogens (tertiary/aromatic N) is 1. The molecule has 5 heteroatoms. The first kappa shape index (κ1) is 14.4. The molecule has 0 saturated heterocycles. The average molecular weight is 245 g/mol. The van der Waals surface area contributed by atoms with Crippen molar-refractivity contribution in [1.82, 2.24) is 4.90 Å². The van der Waals surface area contributed by atoms with Gasteiger partial charge in [-0.25, -0.2) is 0 Å². The molecule has 0 aromatic rings. The zero-order valence-electron chi connectivity index (χ0n) is 10.6. The Morgan fingerprint density at radius 3 is 2.59 bits per heavy atom. The lowest BCUT2D eigenvalue weighted by molar-refractivity contribution is -0.138. The number of carboxylic acid groups (broad SMARTS) is 1. The summed E-state index contributed by atoms with van der Waals surface area (Å²) < 4.78 is 5.31. The zero-order chi connectivity index (χ0) is 12.8. The molecule has 0 spiro atoms. The summed E-state index contributed by atoms with van der Waals surface area (Å²) in [5.74, 6) is -0.227. The van der Waals surface area contributed by atoms with Gasteiger partial charge in [0, 0.05) is 13.1 Å². The highest BCUT2D eigenvalue weighted by molar-refractivity contribution is 5.69. The smallest absolute Gasteiger partial charge is 0.317 e. The van der Waals surface area contributed by atoms with Gasteiger partial charge in [-0.05, 0) is 32.6 Å². The minimum atomic E-state index is -0.845. The van der Waals surface area contributed by atoms with Crippen molar-refractivity contribution < 1.29 is 19.7 Å². The fraction of sp³-hybridized carbons (Fsp3) is 0.917. The maximum Gasteiger partial charge on any atom is 0.317 e. The number of carboxylic acids is 1. The van der Waals surface area contributed by atoms with Crippen molar-refractivity contribution in [3.05, 3.63) is 0 Å². The van der Waals surface area contributed by atoms with Gasteiger partial charge in [0.1, 0.15) is 0 Å². The van der Waals surface area contributed by atoms with E-state index in [4.69, 9.17) is 9.84 Å². The molecule has 0 amide bonds.